The maximum absolute atomic E-state index is 12.2. The lowest BCUT2D eigenvalue weighted by Gasteiger charge is -2.30. The Hall–Kier alpha value is -2.34. The minimum Gasteiger partial charge on any atom is -0.467 e. The molecule has 144 valence electrons. The van der Waals surface area contributed by atoms with Crippen LogP contribution in [0.25, 0.3) is 0 Å². The van der Waals surface area contributed by atoms with E-state index >= 15 is 0 Å². The average Bonchev–Trinajstić information content (AvgIpc) is 2.63. The van der Waals surface area contributed by atoms with E-state index in [0.717, 1.165) is 43.1 Å². The van der Waals surface area contributed by atoms with Gasteiger partial charge in [0.05, 0.1) is 0 Å². The summed E-state index contributed by atoms with van der Waals surface area (Å²) in [7, 11) is 0. The Morgan fingerprint density at radius 2 is 2.00 bits per heavy atom. The van der Waals surface area contributed by atoms with Gasteiger partial charge in [-0.3, -0.25) is 4.79 Å². The number of amides is 1. The fourth-order valence-electron chi connectivity index (χ4n) is 3.00. The van der Waals surface area contributed by atoms with Gasteiger partial charge in [-0.2, -0.15) is 4.98 Å². The van der Waals surface area contributed by atoms with E-state index < -0.39 is 0 Å². The first-order chi connectivity index (χ1) is 12.9. The second-order valence-electron chi connectivity index (χ2n) is 7.11. The van der Waals surface area contributed by atoms with Gasteiger partial charge in [0.25, 0.3) is 5.91 Å². The van der Waals surface area contributed by atoms with Crippen molar-refractivity contribution in [1.82, 2.24) is 9.97 Å². The number of hydrogen-bond acceptors (Lipinski definition) is 5. The molecule has 1 fully saturated rings. The number of hydrogen-bond donors (Lipinski definition) is 1. The molecule has 1 saturated heterocycles. The van der Waals surface area contributed by atoms with E-state index in [0.29, 0.717) is 22.5 Å². The fourth-order valence-corrected chi connectivity index (χ4v) is 3.18. The van der Waals surface area contributed by atoms with Gasteiger partial charge in [0.1, 0.15) is 0 Å². The van der Waals surface area contributed by atoms with E-state index in [1.54, 1.807) is 18.2 Å². The van der Waals surface area contributed by atoms with Crippen LogP contribution in [0, 0.1) is 19.8 Å². The quantitative estimate of drug-likeness (QED) is 0.838. The van der Waals surface area contributed by atoms with Gasteiger partial charge in [0, 0.05) is 35.6 Å². The molecule has 1 amide bonds. The molecule has 0 unspecified atom stereocenters. The van der Waals surface area contributed by atoms with Crippen LogP contribution in [-0.4, -0.2) is 35.6 Å². The Kier molecular flexibility index (Phi) is 6.16. The monoisotopic (exact) mass is 388 g/mol. The predicted molar refractivity (Wildman–Crippen MR) is 108 cm³/mol. The number of benzene rings is 1. The number of carbonyl (C=O) groups is 1. The number of anilines is 2. The third kappa shape index (κ3) is 5.32. The molecular weight excluding hydrogens is 364 g/mol. The fraction of sp³-hybridized carbons (Fsp3) is 0.450. The molecule has 1 aromatic heterocycles. The highest BCUT2D eigenvalue weighted by molar-refractivity contribution is 6.31. The molecule has 0 atom stereocenters. The SMILES string of the molecule is Cc1cc(OCC(=O)Nc2cc(Cl)ccc2C)nc(N2CCC(C)CC2)n1. The van der Waals surface area contributed by atoms with Gasteiger partial charge < -0.3 is 15.0 Å². The zero-order valence-electron chi connectivity index (χ0n) is 16.0. The van der Waals surface area contributed by atoms with Crippen LogP contribution in [0.5, 0.6) is 5.88 Å². The summed E-state index contributed by atoms with van der Waals surface area (Å²) >= 11 is 5.99. The third-order valence-corrected chi connectivity index (χ3v) is 4.95. The predicted octanol–water partition coefficient (Wildman–Crippen LogP) is 4.00. The highest BCUT2D eigenvalue weighted by Gasteiger charge is 2.19. The summed E-state index contributed by atoms with van der Waals surface area (Å²) in [6.07, 6.45) is 2.27. The maximum atomic E-state index is 12.2. The van der Waals surface area contributed by atoms with Crippen molar-refractivity contribution < 1.29 is 9.53 Å². The van der Waals surface area contributed by atoms with Crippen molar-refractivity contribution in [3.63, 3.8) is 0 Å². The minimum atomic E-state index is -0.259. The molecule has 1 N–H and O–H groups in total. The first kappa shape index (κ1) is 19.4. The smallest absolute Gasteiger partial charge is 0.262 e. The molecule has 0 saturated carbocycles. The number of carbonyl (C=O) groups excluding carboxylic acids is 1. The van der Waals surface area contributed by atoms with Gasteiger partial charge in [-0.15, -0.1) is 0 Å². The van der Waals surface area contributed by atoms with Crippen molar-refractivity contribution in [3.05, 3.63) is 40.5 Å². The number of nitrogens with one attached hydrogen (secondary N) is 1. The van der Waals surface area contributed by atoms with Crippen molar-refractivity contribution >= 4 is 29.1 Å². The van der Waals surface area contributed by atoms with Gasteiger partial charge in [0.15, 0.2) is 6.61 Å². The van der Waals surface area contributed by atoms with Gasteiger partial charge in [-0.25, -0.2) is 4.98 Å². The zero-order chi connectivity index (χ0) is 19.4. The van der Waals surface area contributed by atoms with Crippen LogP contribution in [-0.2, 0) is 4.79 Å². The largest absolute Gasteiger partial charge is 0.467 e. The van der Waals surface area contributed by atoms with Gasteiger partial charge in [-0.1, -0.05) is 24.6 Å². The Balaban J connectivity index is 1.62. The summed E-state index contributed by atoms with van der Waals surface area (Å²) in [5.74, 6) is 1.56. The Morgan fingerprint density at radius 1 is 1.26 bits per heavy atom. The highest BCUT2D eigenvalue weighted by atomic mass is 35.5. The van der Waals surface area contributed by atoms with E-state index in [9.17, 15) is 4.79 Å². The molecule has 0 radical (unpaired) electrons. The molecule has 1 aliphatic rings. The van der Waals surface area contributed by atoms with Crippen LogP contribution in [0.3, 0.4) is 0 Å². The van der Waals surface area contributed by atoms with E-state index in [-0.39, 0.29) is 12.5 Å². The summed E-state index contributed by atoms with van der Waals surface area (Å²) in [4.78, 5) is 23.4. The number of aryl methyl sites for hydroxylation is 2. The normalized spacial score (nSPS) is 14.9. The Bertz CT molecular complexity index is 820. The van der Waals surface area contributed by atoms with Crippen molar-refractivity contribution in [2.45, 2.75) is 33.6 Å². The molecule has 7 heteroatoms. The molecule has 0 bridgehead atoms. The molecule has 2 aromatic rings. The van der Waals surface area contributed by atoms with Crippen LogP contribution >= 0.6 is 11.6 Å². The molecule has 6 nitrogen and oxygen atoms in total. The molecule has 2 heterocycles. The van der Waals surface area contributed by atoms with Crippen LogP contribution in [0.15, 0.2) is 24.3 Å². The standard InChI is InChI=1S/C20H25ClN4O2/c1-13-6-8-25(9-7-13)20-22-15(3)10-19(24-20)27-12-18(26)23-17-11-16(21)5-4-14(17)2/h4-5,10-11,13H,6-9,12H2,1-3H3,(H,23,26). The third-order valence-electron chi connectivity index (χ3n) is 4.71. The second kappa shape index (κ2) is 8.57. The molecule has 1 aromatic carbocycles. The summed E-state index contributed by atoms with van der Waals surface area (Å²) in [6, 6.07) is 7.11. The van der Waals surface area contributed by atoms with Crippen molar-refractivity contribution in [1.29, 1.82) is 0 Å². The molecule has 27 heavy (non-hydrogen) atoms. The lowest BCUT2D eigenvalue weighted by atomic mass is 10.00. The molecule has 3 rings (SSSR count). The number of piperidine rings is 1. The van der Waals surface area contributed by atoms with E-state index in [4.69, 9.17) is 16.3 Å². The summed E-state index contributed by atoms with van der Waals surface area (Å²) in [6.45, 7) is 7.84. The van der Waals surface area contributed by atoms with Crippen LogP contribution in [0.2, 0.25) is 5.02 Å². The lowest BCUT2D eigenvalue weighted by Crippen LogP contribution is -2.34. The summed E-state index contributed by atoms with van der Waals surface area (Å²) in [5.41, 5.74) is 2.44. The number of nitrogens with zero attached hydrogens (tertiary/aromatic N) is 3. The maximum Gasteiger partial charge on any atom is 0.262 e. The summed E-state index contributed by atoms with van der Waals surface area (Å²) < 4.78 is 5.62. The zero-order valence-corrected chi connectivity index (χ0v) is 16.7. The Morgan fingerprint density at radius 3 is 2.74 bits per heavy atom. The first-order valence-electron chi connectivity index (χ1n) is 9.20. The van der Waals surface area contributed by atoms with Crippen molar-refractivity contribution in [3.8, 4) is 5.88 Å². The molecular formula is C20H25ClN4O2. The second-order valence-corrected chi connectivity index (χ2v) is 7.55. The number of aromatic nitrogens is 2. The van der Waals surface area contributed by atoms with Crippen LogP contribution in [0.1, 0.15) is 31.0 Å². The average molecular weight is 389 g/mol. The lowest BCUT2D eigenvalue weighted by molar-refractivity contribution is -0.118. The van der Waals surface area contributed by atoms with E-state index in [1.807, 2.05) is 19.9 Å². The van der Waals surface area contributed by atoms with Crippen LogP contribution < -0.4 is 15.0 Å². The first-order valence-corrected chi connectivity index (χ1v) is 9.58. The van der Waals surface area contributed by atoms with E-state index in [2.05, 4.69) is 27.1 Å². The number of ether oxygens (including phenoxy) is 1. The van der Waals surface area contributed by atoms with Gasteiger partial charge in [0.2, 0.25) is 11.8 Å². The van der Waals surface area contributed by atoms with Crippen molar-refractivity contribution in [2.75, 3.05) is 29.9 Å². The Labute approximate surface area is 164 Å². The topological polar surface area (TPSA) is 67.3 Å². The van der Waals surface area contributed by atoms with Gasteiger partial charge in [-0.05, 0) is 50.3 Å². The minimum absolute atomic E-state index is 0.126. The number of rotatable bonds is 5. The van der Waals surface area contributed by atoms with Crippen molar-refractivity contribution in [2.24, 2.45) is 5.92 Å². The van der Waals surface area contributed by atoms with Gasteiger partial charge >= 0.3 is 0 Å². The highest BCUT2D eigenvalue weighted by Crippen LogP contribution is 2.23. The molecule has 1 aliphatic heterocycles. The summed E-state index contributed by atoms with van der Waals surface area (Å²) in [5, 5.41) is 3.39. The molecule has 0 spiro atoms. The van der Waals surface area contributed by atoms with E-state index in [1.165, 1.54) is 0 Å². The van der Waals surface area contributed by atoms with Crippen LogP contribution in [0.4, 0.5) is 11.6 Å². The number of halogens is 1. The molecule has 0 aliphatic carbocycles.